The van der Waals surface area contributed by atoms with Gasteiger partial charge in [-0.15, -0.1) is 0 Å². The van der Waals surface area contributed by atoms with E-state index in [-0.39, 0.29) is 12.6 Å². The molecule has 0 aromatic carbocycles. The van der Waals surface area contributed by atoms with Crippen LogP contribution in [0.5, 0.6) is 0 Å². The summed E-state index contributed by atoms with van der Waals surface area (Å²) in [4.78, 5) is 17.9. The minimum absolute atomic E-state index is 0.0553. The van der Waals surface area contributed by atoms with Gasteiger partial charge in [0.25, 0.3) is 0 Å². The maximum absolute atomic E-state index is 11.9. The Morgan fingerprint density at radius 2 is 1.94 bits per heavy atom. The van der Waals surface area contributed by atoms with Crippen molar-refractivity contribution in [2.45, 2.75) is 18.9 Å². The molecular formula is C12H23N3O2. The van der Waals surface area contributed by atoms with Gasteiger partial charge in [0.15, 0.2) is 0 Å². The van der Waals surface area contributed by atoms with Crippen molar-refractivity contribution in [2.24, 2.45) is 5.92 Å². The molecule has 5 nitrogen and oxygen atoms in total. The molecule has 17 heavy (non-hydrogen) atoms. The van der Waals surface area contributed by atoms with E-state index in [4.69, 9.17) is 5.11 Å². The molecule has 1 atom stereocenters. The van der Waals surface area contributed by atoms with Crippen LogP contribution in [0.3, 0.4) is 0 Å². The van der Waals surface area contributed by atoms with Crippen molar-refractivity contribution in [3.8, 4) is 0 Å². The second-order valence-corrected chi connectivity index (χ2v) is 5.27. The smallest absolute Gasteiger partial charge is 0.320 e. The molecule has 2 amide bonds. The van der Waals surface area contributed by atoms with Crippen molar-refractivity contribution in [1.82, 2.24) is 14.7 Å². The summed E-state index contributed by atoms with van der Waals surface area (Å²) in [6, 6.07) is 0.408. The third-order valence-electron chi connectivity index (χ3n) is 4.15. The number of piperidine rings is 1. The number of carbonyl (C=O) groups excluding carboxylic acids is 1. The molecule has 0 radical (unpaired) electrons. The second kappa shape index (κ2) is 5.23. The number of rotatable bonds is 3. The van der Waals surface area contributed by atoms with E-state index in [0.717, 1.165) is 19.6 Å². The van der Waals surface area contributed by atoms with E-state index in [0.29, 0.717) is 18.5 Å². The first-order valence-corrected chi connectivity index (χ1v) is 6.44. The van der Waals surface area contributed by atoms with Crippen molar-refractivity contribution in [1.29, 1.82) is 0 Å². The van der Waals surface area contributed by atoms with Crippen molar-refractivity contribution in [3.63, 3.8) is 0 Å². The van der Waals surface area contributed by atoms with Gasteiger partial charge in [-0.05, 0) is 38.9 Å². The maximum Gasteiger partial charge on any atom is 0.320 e. The van der Waals surface area contributed by atoms with Crippen molar-refractivity contribution >= 4 is 6.03 Å². The first kappa shape index (κ1) is 12.6. The highest BCUT2D eigenvalue weighted by molar-refractivity contribution is 5.76. The molecule has 2 saturated heterocycles. The molecular weight excluding hydrogens is 218 g/mol. The first-order chi connectivity index (χ1) is 8.13. The Hall–Kier alpha value is -0.810. The third kappa shape index (κ3) is 2.55. The van der Waals surface area contributed by atoms with Gasteiger partial charge >= 0.3 is 6.03 Å². The summed E-state index contributed by atoms with van der Waals surface area (Å²) in [6.45, 7) is 3.56. The number of amides is 2. The van der Waals surface area contributed by atoms with Gasteiger partial charge in [-0.1, -0.05) is 0 Å². The van der Waals surface area contributed by atoms with Crippen LogP contribution in [-0.4, -0.2) is 78.8 Å². The first-order valence-electron chi connectivity index (χ1n) is 6.44. The number of hydrogen-bond donors (Lipinski definition) is 1. The fraction of sp³-hybridized carbons (Fsp3) is 0.917. The molecule has 1 unspecified atom stereocenters. The standard InChI is InChI=1S/C12H23N3O2/c1-13-5-3-10(4-6-13)11-9-15(7-8-16)12(17)14(11)2/h10-11,16H,3-9H2,1-2H3. The van der Waals surface area contributed by atoms with Crippen LogP contribution in [0.2, 0.25) is 0 Å². The Balaban J connectivity index is 1.95. The van der Waals surface area contributed by atoms with Crippen molar-refractivity contribution in [2.75, 3.05) is 46.9 Å². The van der Waals surface area contributed by atoms with Gasteiger partial charge < -0.3 is 19.8 Å². The number of β-amino-alcohol motifs (C(OH)–C–C–N with tert-alkyl or cyclic N) is 1. The van der Waals surface area contributed by atoms with E-state index in [2.05, 4.69) is 11.9 Å². The Morgan fingerprint density at radius 3 is 2.53 bits per heavy atom. The molecule has 2 heterocycles. The van der Waals surface area contributed by atoms with E-state index in [1.165, 1.54) is 12.8 Å². The molecule has 0 aliphatic carbocycles. The predicted molar refractivity (Wildman–Crippen MR) is 65.8 cm³/mol. The molecule has 0 saturated carbocycles. The average molecular weight is 241 g/mol. The van der Waals surface area contributed by atoms with E-state index in [9.17, 15) is 4.79 Å². The second-order valence-electron chi connectivity index (χ2n) is 5.27. The molecule has 2 rings (SSSR count). The number of likely N-dealkylation sites (N-methyl/N-ethyl adjacent to an activating group) is 1. The van der Waals surface area contributed by atoms with Crippen LogP contribution in [0.25, 0.3) is 0 Å². The van der Waals surface area contributed by atoms with Gasteiger partial charge in [0.2, 0.25) is 0 Å². The third-order valence-corrected chi connectivity index (χ3v) is 4.15. The highest BCUT2D eigenvalue weighted by atomic mass is 16.3. The number of aliphatic hydroxyl groups is 1. The maximum atomic E-state index is 11.9. The number of carbonyl (C=O) groups is 1. The van der Waals surface area contributed by atoms with Gasteiger partial charge in [0.1, 0.15) is 0 Å². The molecule has 0 spiro atoms. The largest absolute Gasteiger partial charge is 0.395 e. The lowest BCUT2D eigenvalue weighted by Gasteiger charge is -2.34. The molecule has 2 aliphatic rings. The average Bonchev–Trinajstić information content (AvgIpc) is 2.59. The van der Waals surface area contributed by atoms with Crippen LogP contribution in [0, 0.1) is 5.92 Å². The minimum atomic E-state index is 0.0553. The van der Waals surface area contributed by atoms with Gasteiger partial charge in [-0.2, -0.15) is 0 Å². The summed E-state index contributed by atoms with van der Waals surface area (Å²) >= 11 is 0. The summed E-state index contributed by atoms with van der Waals surface area (Å²) in [5, 5.41) is 8.94. The summed E-state index contributed by atoms with van der Waals surface area (Å²) in [5.74, 6) is 0.615. The fourth-order valence-electron chi connectivity index (χ4n) is 2.98. The normalized spacial score (nSPS) is 28.2. The zero-order valence-electron chi connectivity index (χ0n) is 10.8. The quantitative estimate of drug-likeness (QED) is 0.760. The monoisotopic (exact) mass is 241 g/mol. The molecule has 0 bridgehead atoms. The van der Waals surface area contributed by atoms with Gasteiger partial charge in [0, 0.05) is 20.1 Å². The van der Waals surface area contributed by atoms with Crippen LogP contribution in [0.1, 0.15) is 12.8 Å². The van der Waals surface area contributed by atoms with Gasteiger partial charge in [-0.3, -0.25) is 0 Å². The molecule has 0 aromatic heterocycles. The lowest BCUT2D eigenvalue weighted by molar-refractivity contribution is 0.150. The Labute approximate surface area is 103 Å². The van der Waals surface area contributed by atoms with Crippen molar-refractivity contribution < 1.29 is 9.90 Å². The van der Waals surface area contributed by atoms with Crippen LogP contribution >= 0.6 is 0 Å². The SMILES string of the molecule is CN1CCC(C2CN(CCO)C(=O)N2C)CC1. The van der Waals surface area contributed by atoms with Crippen molar-refractivity contribution in [3.05, 3.63) is 0 Å². The van der Waals surface area contributed by atoms with E-state index >= 15 is 0 Å². The molecule has 2 aliphatic heterocycles. The Bertz CT molecular complexity index is 277. The van der Waals surface area contributed by atoms with E-state index < -0.39 is 0 Å². The Kier molecular flexibility index (Phi) is 3.89. The Morgan fingerprint density at radius 1 is 1.29 bits per heavy atom. The molecule has 98 valence electrons. The molecule has 2 fully saturated rings. The number of hydrogen-bond acceptors (Lipinski definition) is 3. The highest BCUT2D eigenvalue weighted by Crippen LogP contribution is 2.27. The summed E-state index contributed by atoms with van der Waals surface area (Å²) in [5.41, 5.74) is 0. The number of urea groups is 1. The predicted octanol–water partition coefficient (Wildman–Crippen LogP) is 0.0565. The minimum Gasteiger partial charge on any atom is -0.395 e. The fourth-order valence-corrected chi connectivity index (χ4v) is 2.98. The number of nitrogens with zero attached hydrogens (tertiary/aromatic N) is 3. The van der Waals surface area contributed by atoms with Gasteiger partial charge in [-0.25, -0.2) is 4.79 Å². The zero-order valence-corrected chi connectivity index (χ0v) is 10.8. The topological polar surface area (TPSA) is 47.0 Å². The van der Waals surface area contributed by atoms with Crippen LogP contribution in [-0.2, 0) is 0 Å². The lowest BCUT2D eigenvalue weighted by Crippen LogP contribution is -2.42. The van der Waals surface area contributed by atoms with E-state index in [1.807, 2.05) is 11.9 Å². The molecule has 1 N–H and O–H groups in total. The van der Waals surface area contributed by atoms with Crippen LogP contribution < -0.4 is 0 Å². The number of aliphatic hydroxyl groups excluding tert-OH is 1. The number of likely N-dealkylation sites (tertiary alicyclic amines) is 1. The molecule has 5 heteroatoms. The highest BCUT2D eigenvalue weighted by Gasteiger charge is 2.39. The van der Waals surface area contributed by atoms with Crippen LogP contribution in [0.4, 0.5) is 4.79 Å². The lowest BCUT2D eigenvalue weighted by atomic mass is 9.89. The van der Waals surface area contributed by atoms with Crippen LogP contribution in [0.15, 0.2) is 0 Å². The molecule has 0 aromatic rings. The summed E-state index contributed by atoms with van der Waals surface area (Å²) in [7, 11) is 4.04. The van der Waals surface area contributed by atoms with E-state index in [1.54, 1.807) is 4.90 Å². The summed E-state index contributed by atoms with van der Waals surface area (Å²) < 4.78 is 0. The van der Waals surface area contributed by atoms with Gasteiger partial charge in [0.05, 0.1) is 12.6 Å². The zero-order chi connectivity index (χ0) is 12.4. The summed E-state index contributed by atoms with van der Waals surface area (Å²) in [6.07, 6.45) is 2.34.